The van der Waals surface area contributed by atoms with Crippen LogP contribution in [0.2, 0.25) is 10.0 Å². The molecule has 38 heavy (non-hydrogen) atoms. The van der Waals surface area contributed by atoms with Gasteiger partial charge in [-0.15, -0.1) is 0 Å². The second-order valence-electron chi connectivity index (χ2n) is 10.1. The van der Waals surface area contributed by atoms with Gasteiger partial charge in [0.15, 0.2) is 23.3 Å². The van der Waals surface area contributed by atoms with Crippen LogP contribution in [0.4, 0.5) is 23.2 Å². The first-order valence-electron chi connectivity index (χ1n) is 12.4. The van der Waals surface area contributed by atoms with Gasteiger partial charge in [0, 0.05) is 22.3 Å². The Morgan fingerprint density at radius 1 is 0.658 bits per heavy atom. The molecule has 0 N–H and O–H groups in total. The number of rotatable bonds is 6. The van der Waals surface area contributed by atoms with Crippen molar-refractivity contribution < 1.29 is 17.6 Å². The maximum absolute atomic E-state index is 14.2. The molecule has 1 unspecified atom stereocenters. The van der Waals surface area contributed by atoms with E-state index in [4.69, 9.17) is 23.2 Å². The minimum Gasteiger partial charge on any atom is -0.364 e. The van der Waals surface area contributed by atoms with Gasteiger partial charge in [-0.05, 0) is 108 Å². The Bertz CT molecular complexity index is 1370. The summed E-state index contributed by atoms with van der Waals surface area (Å²) >= 11 is 12.3. The highest BCUT2D eigenvalue weighted by atomic mass is 35.5. The summed E-state index contributed by atoms with van der Waals surface area (Å²) in [7, 11) is 0. The Balaban J connectivity index is 1.57. The number of anilines is 1. The quantitative estimate of drug-likeness (QED) is 0.213. The molecule has 0 radical (unpaired) electrons. The third-order valence-electron chi connectivity index (χ3n) is 7.37. The van der Waals surface area contributed by atoms with Crippen LogP contribution in [0.5, 0.6) is 0 Å². The second-order valence-corrected chi connectivity index (χ2v) is 10.9. The van der Waals surface area contributed by atoms with E-state index in [9.17, 15) is 17.6 Å². The van der Waals surface area contributed by atoms with E-state index in [1.807, 2.05) is 48.5 Å². The molecule has 0 aromatic heterocycles. The Labute approximate surface area is 229 Å². The van der Waals surface area contributed by atoms with Gasteiger partial charge in [-0.1, -0.05) is 47.5 Å². The summed E-state index contributed by atoms with van der Waals surface area (Å²) in [5, 5.41) is 1.26. The fourth-order valence-electron chi connectivity index (χ4n) is 5.60. The molecule has 7 heteroatoms. The SMILES string of the molecule is Fc1ccc(CC2(Cc3ccc(F)c(F)c3)CCC(c3ccc(Cl)cc3)N(c3ccc(Cl)cc3)C2)cc1F. The Hall–Kier alpha value is -3.02. The maximum atomic E-state index is 14.2. The molecule has 0 spiro atoms. The number of nitrogens with zero attached hydrogens (tertiary/aromatic N) is 1. The Morgan fingerprint density at radius 2 is 1.16 bits per heavy atom. The van der Waals surface area contributed by atoms with Crippen LogP contribution in [-0.2, 0) is 12.8 Å². The summed E-state index contributed by atoms with van der Waals surface area (Å²) in [5.74, 6) is -3.62. The zero-order valence-electron chi connectivity index (χ0n) is 20.4. The number of piperidine rings is 1. The van der Waals surface area contributed by atoms with E-state index in [-0.39, 0.29) is 6.04 Å². The fraction of sp³-hybridized carbons (Fsp3) is 0.226. The Morgan fingerprint density at radius 3 is 1.66 bits per heavy atom. The lowest BCUT2D eigenvalue weighted by Gasteiger charge is -2.49. The molecule has 4 aromatic rings. The van der Waals surface area contributed by atoms with E-state index in [1.165, 1.54) is 12.1 Å². The van der Waals surface area contributed by atoms with Crippen molar-refractivity contribution >= 4 is 28.9 Å². The van der Waals surface area contributed by atoms with Gasteiger partial charge >= 0.3 is 0 Å². The number of hydrogen-bond donors (Lipinski definition) is 0. The molecule has 0 saturated carbocycles. The van der Waals surface area contributed by atoms with Crippen LogP contribution in [0.25, 0.3) is 0 Å². The van der Waals surface area contributed by atoms with E-state index in [0.29, 0.717) is 40.6 Å². The van der Waals surface area contributed by atoms with Gasteiger partial charge in [0.25, 0.3) is 0 Å². The predicted octanol–water partition coefficient (Wildman–Crippen LogP) is 9.36. The first-order valence-corrected chi connectivity index (χ1v) is 13.1. The summed E-state index contributed by atoms with van der Waals surface area (Å²) in [5.41, 5.74) is 2.87. The lowest BCUT2D eigenvalue weighted by molar-refractivity contribution is 0.201. The lowest BCUT2D eigenvalue weighted by Crippen LogP contribution is -2.47. The van der Waals surface area contributed by atoms with Crippen LogP contribution in [0.15, 0.2) is 84.9 Å². The van der Waals surface area contributed by atoms with Crippen molar-refractivity contribution in [2.24, 2.45) is 5.41 Å². The molecule has 5 rings (SSSR count). The van der Waals surface area contributed by atoms with Crippen LogP contribution in [0, 0.1) is 28.7 Å². The average Bonchev–Trinajstić information content (AvgIpc) is 2.90. The maximum Gasteiger partial charge on any atom is 0.159 e. The monoisotopic (exact) mass is 557 g/mol. The van der Waals surface area contributed by atoms with Crippen LogP contribution in [0.1, 0.15) is 35.6 Å². The van der Waals surface area contributed by atoms with Crippen LogP contribution < -0.4 is 4.90 Å². The highest BCUT2D eigenvalue weighted by Crippen LogP contribution is 2.46. The highest BCUT2D eigenvalue weighted by Gasteiger charge is 2.41. The molecule has 1 aliphatic rings. The van der Waals surface area contributed by atoms with Crippen LogP contribution >= 0.6 is 23.2 Å². The summed E-state index contributed by atoms with van der Waals surface area (Å²) in [6.07, 6.45) is 2.33. The molecule has 196 valence electrons. The largest absolute Gasteiger partial charge is 0.364 e. The summed E-state index contributed by atoms with van der Waals surface area (Å²) in [6, 6.07) is 23.2. The predicted molar refractivity (Wildman–Crippen MR) is 145 cm³/mol. The van der Waals surface area contributed by atoms with Gasteiger partial charge in [-0.2, -0.15) is 0 Å². The molecule has 0 bridgehead atoms. The molecule has 1 heterocycles. The summed E-state index contributed by atoms with van der Waals surface area (Å²) in [4.78, 5) is 2.28. The molecule has 4 aromatic carbocycles. The molecule has 1 atom stereocenters. The molecule has 1 fully saturated rings. The fourth-order valence-corrected chi connectivity index (χ4v) is 5.85. The third kappa shape index (κ3) is 5.84. The van der Waals surface area contributed by atoms with Crippen molar-refractivity contribution in [3.63, 3.8) is 0 Å². The van der Waals surface area contributed by atoms with Crippen molar-refractivity contribution in [3.8, 4) is 0 Å². The number of hydrogen-bond acceptors (Lipinski definition) is 1. The first kappa shape index (κ1) is 26.6. The zero-order valence-corrected chi connectivity index (χ0v) is 21.9. The van der Waals surface area contributed by atoms with E-state index >= 15 is 0 Å². The molecule has 1 aliphatic heterocycles. The standard InChI is InChI=1S/C31H25Cl2F4N/c32-23-5-3-22(4-6-23)30-13-14-31(17-20-1-11-26(34)28(36)15-20,18-21-2-12-27(35)29(37)16-21)19-38(30)25-9-7-24(33)8-10-25/h1-12,15-16,30H,13-14,17-19H2. The van der Waals surface area contributed by atoms with Crippen molar-refractivity contribution in [1.82, 2.24) is 0 Å². The highest BCUT2D eigenvalue weighted by molar-refractivity contribution is 6.30. The van der Waals surface area contributed by atoms with Crippen molar-refractivity contribution in [2.45, 2.75) is 31.7 Å². The lowest BCUT2D eigenvalue weighted by atomic mass is 9.69. The van der Waals surface area contributed by atoms with Gasteiger partial charge in [-0.25, -0.2) is 17.6 Å². The molecular formula is C31H25Cl2F4N. The average molecular weight is 558 g/mol. The third-order valence-corrected chi connectivity index (χ3v) is 7.87. The van der Waals surface area contributed by atoms with Gasteiger partial charge in [0.1, 0.15) is 0 Å². The Kier molecular flexibility index (Phi) is 7.69. The second kappa shape index (κ2) is 11.0. The van der Waals surface area contributed by atoms with Crippen molar-refractivity contribution in [1.29, 1.82) is 0 Å². The van der Waals surface area contributed by atoms with Crippen LogP contribution in [-0.4, -0.2) is 6.54 Å². The molecule has 0 amide bonds. The minimum atomic E-state index is -0.908. The molecule has 1 nitrogen and oxygen atoms in total. The van der Waals surface area contributed by atoms with Gasteiger partial charge in [0.2, 0.25) is 0 Å². The summed E-state index contributed by atoms with van der Waals surface area (Å²) < 4.78 is 55.8. The van der Waals surface area contributed by atoms with E-state index in [0.717, 1.165) is 36.2 Å². The smallest absolute Gasteiger partial charge is 0.159 e. The normalized spacial score (nSPS) is 17.0. The van der Waals surface area contributed by atoms with E-state index < -0.39 is 28.7 Å². The number of halogens is 6. The summed E-state index contributed by atoms with van der Waals surface area (Å²) in [6.45, 7) is 0.542. The topological polar surface area (TPSA) is 3.24 Å². The minimum absolute atomic E-state index is 0.0245. The van der Waals surface area contributed by atoms with Crippen molar-refractivity contribution in [3.05, 3.63) is 135 Å². The zero-order chi connectivity index (χ0) is 26.9. The van der Waals surface area contributed by atoms with Crippen LogP contribution in [0.3, 0.4) is 0 Å². The van der Waals surface area contributed by atoms with Gasteiger partial charge < -0.3 is 4.90 Å². The van der Waals surface area contributed by atoms with Crippen molar-refractivity contribution in [2.75, 3.05) is 11.4 Å². The van der Waals surface area contributed by atoms with Gasteiger partial charge in [-0.3, -0.25) is 0 Å². The molecule has 1 saturated heterocycles. The molecule has 0 aliphatic carbocycles. The molecular weight excluding hydrogens is 533 g/mol. The number of benzene rings is 4. The van der Waals surface area contributed by atoms with Gasteiger partial charge in [0.05, 0.1) is 6.04 Å². The van der Waals surface area contributed by atoms with E-state index in [2.05, 4.69) is 4.90 Å². The van der Waals surface area contributed by atoms with E-state index in [1.54, 1.807) is 12.1 Å². The first-order chi connectivity index (χ1) is 18.2.